The summed E-state index contributed by atoms with van der Waals surface area (Å²) in [4.78, 5) is 10.7. The van der Waals surface area contributed by atoms with Crippen molar-refractivity contribution in [2.24, 2.45) is 0 Å². The molecule has 2 aromatic heterocycles. The van der Waals surface area contributed by atoms with Crippen LogP contribution in [0.5, 0.6) is 5.75 Å². The molecule has 0 radical (unpaired) electrons. The second-order valence-electron chi connectivity index (χ2n) is 25.0. The van der Waals surface area contributed by atoms with Crippen LogP contribution in [0.4, 0.5) is 0 Å². The van der Waals surface area contributed by atoms with Crippen LogP contribution in [0.2, 0.25) is 0 Å². The SMILES string of the molecule is [2H]C([2H])([2H])C(c1cc(-c2nc3c(-c4cccc(-c5nc6ccccc6n5-c5ccc(-c6ccc7c8c(cccc68)C(C)(C)CC7(C)C)cc5-c5ccccc5)c4)cccc3n2-c2ccc(C(C)(C)C)cc2-c2ccccc2)c(O)c(C(C([2H])([2H])[2H])(C([2H])([2H])[2H])C([2H])([2H])[2H])c1)(C([2H])([2H])[2H])C([2H])([2H])[2H]. The van der Waals surface area contributed by atoms with Gasteiger partial charge in [0.1, 0.15) is 17.4 Å². The molecular formula is C79H76N4O. The molecule has 1 N–H and O–H groups in total. The predicted molar refractivity (Wildman–Crippen MR) is 354 cm³/mol. The number of aromatic hydroxyl groups is 1. The van der Waals surface area contributed by atoms with Crippen molar-refractivity contribution in [3.05, 3.63) is 234 Å². The highest BCUT2D eigenvalue weighted by Crippen LogP contribution is 2.52. The van der Waals surface area contributed by atoms with Crippen LogP contribution in [-0.4, -0.2) is 24.2 Å². The largest absolute Gasteiger partial charge is 0.507 e. The van der Waals surface area contributed by atoms with Crippen molar-refractivity contribution in [3.63, 3.8) is 0 Å². The topological polar surface area (TPSA) is 55.9 Å². The molecule has 12 aromatic rings. The average Bonchev–Trinajstić information content (AvgIpc) is 0.765. The molecule has 5 heteroatoms. The van der Waals surface area contributed by atoms with Crippen molar-refractivity contribution < 1.29 is 29.8 Å². The fourth-order valence-corrected chi connectivity index (χ4v) is 13.2. The highest BCUT2D eigenvalue weighted by atomic mass is 16.3. The van der Waals surface area contributed by atoms with Gasteiger partial charge in [0.15, 0.2) is 0 Å². The van der Waals surface area contributed by atoms with Crippen LogP contribution in [0.3, 0.4) is 0 Å². The van der Waals surface area contributed by atoms with Gasteiger partial charge in [0, 0.05) is 52.5 Å². The maximum Gasteiger partial charge on any atom is 0.149 e. The maximum absolute atomic E-state index is 13.3. The summed E-state index contributed by atoms with van der Waals surface area (Å²) in [6.45, 7) is -9.29. The Morgan fingerprint density at radius 2 is 1.00 bits per heavy atom. The number of hydrogen-bond donors (Lipinski definition) is 1. The summed E-state index contributed by atoms with van der Waals surface area (Å²) in [5.41, 5.74) is 1.21. The summed E-state index contributed by atoms with van der Waals surface area (Å²) in [6.07, 6.45) is 1.01. The van der Waals surface area contributed by atoms with Crippen molar-refractivity contribution in [1.29, 1.82) is 0 Å². The van der Waals surface area contributed by atoms with Crippen LogP contribution in [0.15, 0.2) is 206 Å². The van der Waals surface area contributed by atoms with Crippen LogP contribution >= 0.6 is 0 Å². The number of fused-ring (bicyclic) bond motifs is 2. The third kappa shape index (κ3) is 9.24. The lowest BCUT2D eigenvalue weighted by Gasteiger charge is -2.42. The molecule has 84 heavy (non-hydrogen) atoms. The predicted octanol–water partition coefficient (Wildman–Crippen LogP) is 21.1. The molecule has 0 bridgehead atoms. The summed E-state index contributed by atoms with van der Waals surface area (Å²) < 4.78 is 164. The first-order valence-corrected chi connectivity index (χ1v) is 28.4. The summed E-state index contributed by atoms with van der Waals surface area (Å²) in [7, 11) is 0. The Balaban J connectivity index is 1.10. The number of rotatable bonds is 8. The lowest BCUT2D eigenvalue weighted by atomic mass is 9.61. The van der Waals surface area contributed by atoms with Crippen molar-refractivity contribution in [2.75, 3.05) is 0 Å². The minimum Gasteiger partial charge on any atom is -0.507 e. The number of phenols is 1. The van der Waals surface area contributed by atoms with Crippen molar-refractivity contribution >= 4 is 32.8 Å². The molecule has 5 nitrogen and oxygen atoms in total. The second-order valence-corrected chi connectivity index (χ2v) is 25.0. The number of imidazole rings is 2. The number of hydrogen-bond acceptors (Lipinski definition) is 3. The van der Waals surface area contributed by atoms with E-state index in [0.717, 1.165) is 51.5 Å². The zero-order chi connectivity index (χ0) is 73.8. The second kappa shape index (κ2) is 19.7. The molecule has 2 heterocycles. The van der Waals surface area contributed by atoms with Gasteiger partial charge in [0.05, 0.1) is 39.0 Å². The first kappa shape index (κ1) is 37.4. The average molecular weight is 1120 g/mol. The molecule has 0 fully saturated rings. The van der Waals surface area contributed by atoms with Crippen LogP contribution in [-0.2, 0) is 27.1 Å². The number of nitrogens with zero attached hydrogens (tertiary/aromatic N) is 4. The molecule has 0 unspecified atom stereocenters. The van der Waals surface area contributed by atoms with E-state index in [-0.39, 0.29) is 21.9 Å². The molecule has 0 spiro atoms. The highest BCUT2D eigenvalue weighted by Gasteiger charge is 2.39. The molecule has 0 saturated heterocycles. The molecule has 10 aromatic carbocycles. The zero-order valence-electron chi connectivity index (χ0n) is 66.1. The lowest BCUT2D eigenvalue weighted by molar-refractivity contribution is 0.341. The van der Waals surface area contributed by atoms with Crippen LogP contribution in [0, 0.1) is 0 Å². The van der Waals surface area contributed by atoms with Crippen LogP contribution in [0.25, 0.3) is 111 Å². The first-order chi connectivity index (χ1) is 47.5. The van der Waals surface area contributed by atoms with Crippen molar-refractivity contribution in [3.8, 4) is 84.4 Å². The van der Waals surface area contributed by atoms with E-state index in [0.29, 0.717) is 50.9 Å². The molecule has 418 valence electrons. The van der Waals surface area contributed by atoms with E-state index >= 15 is 0 Å². The van der Waals surface area contributed by atoms with Gasteiger partial charge in [-0.2, -0.15) is 0 Å². The van der Waals surface area contributed by atoms with Crippen molar-refractivity contribution in [1.82, 2.24) is 19.1 Å². The van der Waals surface area contributed by atoms with E-state index in [1.54, 1.807) is 28.8 Å². The minimum atomic E-state index is -4.16. The molecule has 0 aliphatic heterocycles. The molecular weight excluding hydrogens is 1020 g/mol. The van der Waals surface area contributed by atoms with Gasteiger partial charge < -0.3 is 5.11 Å². The minimum absolute atomic E-state index is 0.0615. The summed E-state index contributed by atoms with van der Waals surface area (Å²) in [5.74, 6) is -1.21. The molecule has 1 aliphatic carbocycles. The smallest absolute Gasteiger partial charge is 0.149 e. The van der Waals surface area contributed by atoms with Gasteiger partial charge in [0.25, 0.3) is 0 Å². The number of phenolic OH excluding ortho intramolecular Hbond substituents is 1. The van der Waals surface area contributed by atoms with Crippen LogP contribution < -0.4 is 0 Å². The van der Waals surface area contributed by atoms with Gasteiger partial charge in [0.2, 0.25) is 0 Å². The molecule has 0 atom stereocenters. The Kier molecular flexibility index (Phi) is 8.76. The fraction of sp³-hybridized carbons (Fsp3) is 0.241. The third-order valence-electron chi connectivity index (χ3n) is 17.1. The molecule has 0 saturated carbocycles. The Labute approximate surface area is 521 Å². The Morgan fingerprint density at radius 3 is 1.70 bits per heavy atom. The molecule has 13 rings (SSSR count). The van der Waals surface area contributed by atoms with Gasteiger partial charge in [-0.1, -0.05) is 241 Å². The van der Waals surface area contributed by atoms with Crippen molar-refractivity contribution in [2.45, 2.75) is 123 Å². The van der Waals surface area contributed by atoms with E-state index in [1.807, 2.05) is 130 Å². The Hall–Kier alpha value is -8.80. The maximum atomic E-state index is 13.3. The van der Waals surface area contributed by atoms with E-state index < -0.39 is 85.6 Å². The van der Waals surface area contributed by atoms with E-state index in [1.165, 1.54) is 21.9 Å². The normalized spacial score (nSPS) is 18.3. The van der Waals surface area contributed by atoms with Gasteiger partial charge in [-0.05, 0) is 149 Å². The van der Waals surface area contributed by atoms with Gasteiger partial charge >= 0.3 is 0 Å². The fourth-order valence-electron chi connectivity index (χ4n) is 13.2. The van der Waals surface area contributed by atoms with Gasteiger partial charge in [-0.25, -0.2) is 9.97 Å². The Morgan fingerprint density at radius 1 is 0.429 bits per heavy atom. The summed E-state index contributed by atoms with van der Waals surface area (Å²) in [5, 5.41) is 15.7. The lowest BCUT2D eigenvalue weighted by Crippen LogP contribution is -2.34. The Bertz CT molecular complexity index is 5200. The zero-order valence-corrected chi connectivity index (χ0v) is 48.1. The standard InChI is InChI=1S/C79H76N4O/c1-75(2,3)54-38-42-67(60(45-54)50-27-18-15-19-28-50)83-69-36-24-31-57(71(69)81-74(83)61-46-55(76(4,5)6)47-64(72(61)84)77(7,8)9)51-29-22-30-53(43-51)73-80-65-34-20-21-35-68(65)82(73)66-41-37-52(44-59(66)49-25-16-14-17-26-49)56-39-40-63-70-58(56)32-23-33-62(70)78(10,11)48-79(63,12)13/h14-47,84H,48H2,1-13H3/i4D3,5D3,6D3,7D3,8D3,9D3. The number of para-hydroxylation sites is 3. The monoisotopic (exact) mass is 1110 g/mol. The summed E-state index contributed by atoms with van der Waals surface area (Å²) >= 11 is 0. The molecule has 1 aliphatic rings. The van der Waals surface area contributed by atoms with Gasteiger partial charge in [-0.15, -0.1) is 0 Å². The quantitative estimate of drug-likeness (QED) is 0.165. The van der Waals surface area contributed by atoms with E-state index in [9.17, 15) is 5.11 Å². The highest BCUT2D eigenvalue weighted by molar-refractivity contribution is 6.03. The van der Waals surface area contributed by atoms with E-state index in [2.05, 4.69) is 92.9 Å². The van der Waals surface area contributed by atoms with E-state index in [4.69, 9.17) is 34.6 Å². The number of aromatic nitrogens is 4. The third-order valence-corrected chi connectivity index (χ3v) is 17.1. The van der Waals surface area contributed by atoms with Crippen LogP contribution in [0.1, 0.15) is 148 Å². The first-order valence-electron chi connectivity index (χ1n) is 37.4. The van der Waals surface area contributed by atoms with Gasteiger partial charge in [-0.3, -0.25) is 9.13 Å². The number of benzene rings is 10. The molecule has 0 amide bonds. The summed E-state index contributed by atoms with van der Waals surface area (Å²) in [6, 6.07) is 64.5.